The van der Waals surface area contributed by atoms with E-state index in [0.29, 0.717) is 6.54 Å². The quantitative estimate of drug-likeness (QED) is 0.826. The van der Waals surface area contributed by atoms with Crippen molar-refractivity contribution in [3.05, 3.63) is 36.4 Å². The molecule has 0 aliphatic carbocycles. The Labute approximate surface area is 142 Å². The van der Waals surface area contributed by atoms with Crippen molar-refractivity contribution in [3.63, 3.8) is 0 Å². The molecule has 0 N–H and O–H groups in total. The Bertz CT molecular complexity index is 677. The van der Waals surface area contributed by atoms with Gasteiger partial charge >= 0.3 is 0 Å². The monoisotopic (exact) mass is 330 g/mol. The number of likely N-dealkylation sites (tertiary alicyclic amines) is 1. The second-order valence-corrected chi connectivity index (χ2v) is 6.70. The van der Waals surface area contributed by atoms with Crippen molar-refractivity contribution in [2.45, 2.75) is 38.4 Å². The summed E-state index contributed by atoms with van der Waals surface area (Å²) < 4.78 is 3.78. The summed E-state index contributed by atoms with van der Waals surface area (Å²) in [6.45, 7) is 5.42. The van der Waals surface area contributed by atoms with Crippen LogP contribution in [0.4, 0.5) is 0 Å². The SMILES string of the molecule is CCn1cc(CN2CCCC(C(=O)N(C)C)(n3cccn3)C2)cn1. The zero-order chi connectivity index (χ0) is 17.2. The molecule has 0 saturated carbocycles. The Morgan fingerprint density at radius 1 is 1.38 bits per heavy atom. The van der Waals surface area contributed by atoms with Crippen LogP contribution in [0.25, 0.3) is 0 Å². The van der Waals surface area contributed by atoms with Crippen molar-refractivity contribution in [2.24, 2.45) is 0 Å². The molecule has 0 spiro atoms. The van der Waals surface area contributed by atoms with Gasteiger partial charge in [-0.1, -0.05) is 0 Å². The van der Waals surface area contributed by atoms with Crippen LogP contribution in [-0.4, -0.2) is 62.5 Å². The minimum absolute atomic E-state index is 0.111. The maximum absolute atomic E-state index is 13.0. The number of rotatable bonds is 5. The number of hydrogen-bond acceptors (Lipinski definition) is 4. The van der Waals surface area contributed by atoms with E-state index in [1.807, 2.05) is 41.9 Å². The van der Waals surface area contributed by atoms with E-state index in [-0.39, 0.29) is 5.91 Å². The third-order valence-electron chi connectivity index (χ3n) is 4.71. The second kappa shape index (κ2) is 6.76. The molecule has 1 amide bonds. The summed E-state index contributed by atoms with van der Waals surface area (Å²) in [7, 11) is 3.63. The lowest BCUT2D eigenvalue weighted by Crippen LogP contribution is -2.58. The number of amides is 1. The first-order valence-corrected chi connectivity index (χ1v) is 8.51. The molecule has 1 atom stereocenters. The highest BCUT2D eigenvalue weighted by Gasteiger charge is 2.45. The average Bonchev–Trinajstić information content (AvgIpc) is 3.26. The van der Waals surface area contributed by atoms with Gasteiger partial charge in [0, 0.05) is 57.9 Å². The van der Waals surface area contributed by atoms with Gasteiger partial charge in [-0.25, -0.2) is 0 Å². The summed E-state index contributed by atoms with van der Waals surface area (Å²) in [5, 5.41) is 8.75. The molecule has 7 nitrogen and oxygen atoms in total. The van der Waals surface area contributed by atoms with Crippen molar-refractivity contribution in [1.82, 2.24) is 29.4 Å². The summed E-state index contributed by atoms with van der Waals surface area (Å²) in [5.74, 6) is 0.111. The minimum atomic E-state index is -0.619. The molecule has 2 aromatic rings. The topological polar surface area (TPSA) is 59.2 Å². The molecule has 0 aromatic carbocycles. The number of likely N-dealkylation sites (N-methyl/N-ethyl adjacent to an activating group) is 1. The van der Waals surface area contributed by atoms with E-state index in [0.717, 1.165) is 32.5 Å². The van der Waals surface area contributed by atoms with Crippen molar-refractivity contribution in [3.8, 4) is 0 Å². The molecule has 0 radical (unpaired) electrons. The molecule has 0 bridgehead atoms. The lowest BCUT2D eigenvalue weighted by molar-refractivity contribution is -0.142. The Morgan fingerprint density at radius 3 is 2.83 bits per heavy atom. The van der Waals surface area contributed by atoms with Gasteiger partial charge in [0.15, 0.2) is 5.54 Å². The molecule has 3 heterocycles. The fourth-order valence-electron chi connectivity index (χ4n) is 3.58. The van der Waals surface area contributed by atoms with Crippen LogP contribution in [0.3, 0.4) is 0 Å². The lowest BCUT2D eigenvalue weighted by atomic mass is 9.87. The van der Waals surface area contributed by atoms with E-state index >= 15 is 0 Å². The zero-order valence-electron chi connectivity index (χ0n) is 14.7. The number of aromatic nitrogens is 4. The molecule has 1 aliphatic heterocycles. The molecule has 2 aromatic heterocycles. The number of hydrogen-bond donors (Lipinski definition) is 0. The van der Waals surface area contributed by atoms with E-state index < -0.39 is 5.54 Å². The van der Waals surface area contributed by atoms with Gasteiger partial charge in [-0.15, -0.1) is 0 Å². The van der Waals surface area contributed by atoms with Crippen molar-refractivity contribution in [2.75, 3.05) is 27.2 Å². The van der Waals surface area contributed by atoms with E-state index in [9.17, 15) is 4.79 Å². The minimum Gasteiger partial charge on any atom is -0.347 e. The first-order chi connectivity index (χ1) is 11.5. The van der Waals surface area contributed by atoms with Gasteiger partial charge in [-0.2, -0.15) is 10.2 Å². The Hall–Kier alpha value is -2.15. The summed E-state index contributed by atoms with van der Waals surface area (Å²) >= 11 is 0. The number of aryl methyl sites for hydroxylation is 1. The molecule has 1 aliphatic rings. The molecular weight excluding hydrogens is 304 g/mol. The number of carbonyl (C=O) groups is 1. The van der Waals surface area contributed by atoms with Gasteiger partial charge < -0.3 is 4.90 Å². The van der Waals surface area contributed by atoms with Crippen LogP contribution in [0.5, 0.6) is 0 Å². The Morgan fingerprint density at radius 2 is 2.21 bits per heavy atom. The molecule has 1 fully saturated rings. The summed E-state index contributed by atoms with van der Waals surface area (Å²) in [4.78, 5) is 17.0. The van der Waals surface area contributed by atoms with Gasteiger partial charge in [0.2, 0.25) is 0 Å². The maximum Gasteiger partial charge on any atom is 0.251 e. The summed E-state index contributed by atoms with van der Waals surface area (Å²) in [6.07, 6.45) is 9.44. The summed E-state index contributed by atoms with van der Waals surface area (Å²) in [5.41, 5.74) is 0.567. The highest BCUT2D eigenvalue weighted by molar-refractivity contribution is 5.84. The molecule has 1 unspecified atom stereocenters. The van der Waals surface area contributed by atoms with Gasteiger partial charge in [0.1, 0.15) is 0 Å². The van der Waals surface area contributed by atoms with Gasteiger partial charge in [-0.3, -0.25) is 19.1 Å². The smallest absolute Gasteiger partial charge is 0.251 e. The van der Waals surface area contributed by atoms with Crippen LogP contribution < -0.4 is 0 Å². The highest BCUT2D eigenvalue weighted by atomic mass is 16.2. The number of piperidine rings is 1. The molecule has 7 heteroatoms. The molecule has 24 heavy (non-hydrogen) atoms. The van der Waals surface area contributed by atoms with E-state index in [1.54, 1.807) is 11.1 Å². The molecule has 130 valence electrons. The predicted molar refractivity (Wildman–Crippen MR) is 91.3 cm³/mol. The Kier molecular flexibility index (Phi) is 4.71. The van der Waals surface area contributed by atoms with Crippen LogP contribution in [0, 0.1) is 0 Å². The standard InChI is InChI=1S/C17H26N6O/c1-4-22-13-15(11-19-22)12-21-9-5-7-17(14-21,16(24)20(2)3)23-10-6-8-18-23/h6,8,10-11,13H,4-5,7,9,12,14H2,1-3H3. The highest BCUT2D eigenvalue weighted by Crippen LogP contribution is 2.31. The predicted octanol–water partition coefficient (Wildman–Crippen LogP) is 1.18. The van der Waals surface area contributed by atoms with Gasteiger partial charge in [-0.05, 0) is 32.4 Å². The van der Waals surface area contributed by atoms with Crippen LogP contribution in [-0.2, 0) is 23.4 Å². The van der Waals surface area contributed by atoms with Crippen molar-refractivity contribution >= 4 is 5.91 Å². The summed E-state index contributed by atoms with van der Waals surface area (Å²) in [6, 6.07) is 1.88. The first-order valence-electron chi connectivity index (χ1n) is 8.51. The van der Waals surface area contributed by atoms with Crippen LogP contribution in [0.1, 0.15) is 25.3 Å². The largest absolute Gasteiger partial charge is 0.347 e. The van der Waals surface area contributed by atoms with E-state index in [1.165, 1.54) is 5.56 Å². The normalized spacial score (nSPS) is 21.8. The average molecular weight is 330 g/mol. The molecule has 3 rings (SSSR count). The third kappa shape index (κ3) is 3.08. The lowest BCUT2D eigenvalue weighted by Gasteiger charge is -2.42. The van der Waals surface area contributed by atoms with Gasteiger partial charge in [0.25, 0.3) is 5.91 Å². The van der Waals surface area contributed by atoms with E-state index in [4.69, 9.17) is 0 Å². The number of carbonyl (C=O) groups excluding carboxylic acids is 1. The fraction of sp³-hybridized carbons (Fsp3) is 0.588. The van der Waals surface area contributed by atoms with Crippen LogP contribution >= 0.6 is 0 Å². The van der Waals surface area contributed by atoms with Crippen LogP contribution in [0.2, 0.25) is 0 Å². The second-order valence-electron chi connectivity index (χ2n) is 6.70. The maximum atomic E-state index is 13.0. The van der Waals surface area contributed by atoms with Crippen molar-refractivity contribution in [1.29, 1.82) is 0 Å². The first kappa shape index (κ1) is 16.7. The Balaban J connectivity index is 1.83. The van der Waals surface area contributed by atoms with E-state index in [2.05, 4.69) is 28.2 Å². The molecular formula is C17H26N6O. The number of nitrogens with zero attached hydrogens (tertiary/aromatic N) is 6. The fourth-order valence-corrected chi connectivity index (χ4v) is 3.58. The zero-order valence-corrected chi connectivity index (χ0v) is 14.7. The van der Waals surface area contributed by atoms with Crippen molar-refractivity contribution < 1.29 is 4.79 Å². The van der Waals surface area contributed by atoms with Gasteiger partial charge in [0.05, 0.1) is 6.20 Å². The molecule has 1 saturated heterocycles. The third-order valence-corrected chi connectivity index (χ3v) is 4.71. The van der Waals surface area contributed by atoms with Crippen LogP contribution in [0.15, 0.2) is 30.9 Å².